The van der Waals surface area contributed by atoms with E-state index in [-0.39, 0.29) is 5.41 Å². The van der Waals surface area contributed by atoms with Crippen molar-refractivity contribution in [1.29, 1.82) is 0 Å². The molecule has 5 nitrogen and oxygen atoms in total. The molecule has 0 radical (unpaired) electrons. The van der Waals surface area contributed by atoms with E-state index in [1.165, 1.54) is 18.5 Å². The van der Waals surface area contributed by atoms with Crippen molar-refractivity contribution in [2.75, 3.05) is 11.9 Å². The number of aromatic nitrogens is 4. The monoisotopic (exact) mass is 347 g/mol. The second-order valence-electron chi connectivity index (χ2n) is 6.47. The Hall–Kier alpha value is -2.64. The molecule has 0 saturated heterocycles. The van der Waals surface area contributed by atoms with Gasteiger partial charge in [0.2, 0.25) is 0 Å². The highest BCUT2D eigenvalue weighted by molar-refractivity contribution is 5.46. The van der Waals surface area contributed by atoms with Crippen LogP contribution in [0.1, 0.15) is 29.7 Å². The topological polar surface area (TPSA) is 55.1 Å². The fourth-order valence-corrected chi connectivity index (χ4v) is 3.06. The van der Waals surface area contributed by atoms with Crippen molar-refractivity contribution in [3.05, 3.63) is 53.5 Å². The van der Waals surface area contributed by atoms with E-state index in [1.807, 2.05) is 13.0 Å². The highest BCUT2D eigenvalue weighted by Gasteiger charge is 2.45. The fourth-order valence-electron chi connectivity index (χ4n) is 3.06. The summed E-state index contributed by atoms with van der Waals surface area (Å²) >= 11 is 0. The van der Waals surface area contributed by atoms with Crippen LogP contribution in [-0.4, -0.2) is 26.1 Å². The van der Waals surface area contributed by atoms with E-state index in [9.17, 15) is 13.2 Å². The van der Waals surface area contributed by atoms with Crippen molar-refractivity contribution >= 4 is 11.6 Å². The highest BCUT2D eigenvalue weighted by Crippen LogP contribution is 2.49. The van der Waals surface area contributed by atoms with E-state index in [0.29, 0.717) is 12.3 Å². The van der Waals surface area contributed by atoms with Crippen molar-refractivity contribution < 1.29 is 13.2 Å². The minimum Gasteiger partial charge on any atom is -0.369 e. The summed E-state index contributed by atoms with van der Waals surface area (Å²) in [6.07, 6.45) is -1.20. The van der Waals surface area contributed by atoms with Crippen LogP contribution < -0.4 is 5.32 Å². The van der Waals surface area contributed by atoms with Crippen molar-refractivity contribution in [2.45, 2.75) is 31.4 Å². The van der Waals surface area contributed by atoms with Gasteiger partial charge in [0, 0.05) is 23.7 Å². The second kappa shape index (κ2) is 5.44. The molecule has 0 bridgehead atoms. The molecule has 0 spiro atoms. The second-order valence-corrected chi connectivity index (χ2v) is 6.47. The quantitative estimate of drug-likeness (QED) is 0.784. The molecule has 25 heavy (non-hydrogen) atoms. The number of hydrogen-bond donors (Lipinski definition) is 1. The Labute approximate surface area is 141 Å². The summed E-state index contributed by atoms with van der Waals surface area (Å²) in [5, 5.41) is 7.45. The number of halogens is 3. The summed E-state index contributed by atoms with van der Waals surface area (Å²) in [4.78, 5) is 8.35. The van der Waals surface area contributed by atoms with Gasteiger partial charge < -0.3 is 5.32 Å². The molecule has 2 heterocycles. The molecule has 0 unspecified atom stereocenters. The van der Waals surface area contributed by atoms with Crippen LogP contribution in [0.25, 0.3) is 5.78 Å². The molecule has 130 valence electrons. The van der Waals surface area contributed by atoms with Crippen LogP contribution in [0.4, 0.5) is 19.0 Å². The average molecular weight is 347 g/mol. The SMILES string of the molecule is Cc1cc(NCC2(c3cccc(C(F)(F)F)c3)CC2)n2ncnc2n1. The van der Waals surface area contributed by atoms with Gasteiger partial charge in [-0.2, -0.15) is 27.8 Å². The van der Waals surface area contributed by atoms with Gasteiger partial charge >= 0.3 is 6.18 Å². The van der Waals surface area contributed by atoms with E-state index >= 15 is 0 Å². The Bertz CT molecular complexity index is 927. The molecule has 0 amide bonds. The van der Waals surface area contributed by atoms with Crippen LogP contribution in [0.2, 0.25) is 0 Å². The number of fused-ring (bicyclic) bond motifs is 1. The summed E-state index contributed by atoms with van der Waals surface area (Å²) < 4.78 is 40.5. The first-order chi connectivity index (χ1) is 11.9. The van der Waals surface area contributed by atoms with Gasteiger partial charge in [-0.05, 0) is 31.4 Å². The van der Waals surface area contributed by atoms with E-state index in [0.717, 1.165) is 36.0 Å². The number of aryl methyl sites for hydroxylation is 1. The molecule has 3 aromatic rings. The Morgan fingerprint density at radius 1 is 1.24 bits per heavy atom. The summed E-state index contributed by atoms with van der Waals surface area (Å²) in [5.41, 5.74) is 0.641. The van der Waals surface area contributed by atoms with Gasteiger partial charge in [0.05, 0.1) is 5.56 Å². The Kier molecular flexibility index (Phi) is 3.45. The van der Waals surface area contributed by atoms with Gasteiger partial charge in [-0.25, -0.2) is 4.98 Å². The van der Waals surface area contributed by atoms with E-state index < -0.39 is 11.7 Å². The molecule has 4 rings (SSSR count). The molecule has 2 aromatic heterocycles. The summed E-state index contributed by atoms with van der Waals surface area (Å²) in [6, 6.07) is 7.47. The number of nitrogens with one attached hydrogen (secondary N) is 1. The largest absolute Gasteiger partial charge is 0.416 e. The summed E-state index contributed by atoms with van der Waals surface area (Å²) in [7, 11) is 0. The Balaban J connectivity index is 1.59. The number of nitrogens with zero attached hydrogens (tertiary/aromatic N) is 4. The third kappa shape index (κ3) is 2.92. The average Bonchev–Trinajstić information content (AvgIpc) is 3.22. The molecule has 1 aromatic carbocycles. The predicted molar refractivity (Wildman–Crippen MR) is 86.4 cm³/mol. The number of rotatable bonds is 4. The third-order valence-corrected chi connectivity index (χ3v) is 4.64. The van der Waals surface area contributed by atoms with Crippen LogP contribution in [0.15, 0.2) is 36.7 Å². The van der Waals surface area contributed by atoms with Crippen molar-refractivity contribution in [2.24, 2.45) is 0 Å². The summed E-state index contributed by atoms with van der Waals surface area (Å²) in [5.74, 6) is 1.23. The fraction of sp³-hybridized carbons (Fsp3) is 0.353. The smallest absolute Gasteiger partial charge is 0.369 e. The molecule has 1 N–H and O–H groups in total. The van der Waals surface area contributed by atoms with Crippen molar-refractivity contribution in [1.82, 2.24) is 19.6 Å². The zero-order chi connectivity index (χ0) is 17.7. The first kappa shape index (κ1) is 15.9. The maximum absolute atomic E-state index is 13.0. The van der Waals surface area contributed by atoms with Gasteiger partial charge in [-0.3, -0.25) is 0 Å². The van der Waals surface area contributed by atoms with Crippen LogP contribution in [-0.2, 0) is 11.6 Å². The first-order valence-corrected chi connectivity index (χ1v) is 7.96. The van der Waals surface area contributed by atoms with Crippen molar-refractivity contribution in [3.8, 4) is 0 Å². The van der Waals surface area contributed by atoms with Gasteiger partial charge in [-0.1, -0.05) is 18.2 Å². The van der Waals surface area contributed by atoms with Crippen molar-refractivity contribution in [3.63, 3.8) is 0 Å². The maximum atomic E-state index is 13.0. The first-order valence-electron chi connectivity index (χ1n) is 7.96. The molecular weight excluding hydrogens is 331 g/mol. The number of alkyl halides is 3. The lowest BCUT2D eigenvalue weighted by Gasteiger charge is -2.19. The Morgan fingerprint density at radius 3 is 2.76 bits per heavy atom. The zero-order valence-corrected chi connectivity index (χ0v) is 13.5. The third-order valence-electron chi connectivity index (χ3n) is 4.64. The number of hydrogen-bond acceptors (Lipinski definition) is 4. The summed E-state index contributed by atoms with van der Waals surface area (Å²) in [6.45, 7) is 2.40. The predicted octanol–water partition coefficient (Wildman–Crippen LogP) is 3.60. The molecule has 0 atom stereocenters. The lowest BCUT2D eigenvalue weighted by Crippen LogP contribution is -2.22. The van der Waals surface area contributed by atoms with Crippen LogP contribution in [0, 0.1) is 6.92 Å². The van der Waals surface area contributed by atoms with Gasteiger partial charge in [0.15, 0.2) is 0 Å². The highest BCUT2D eigenvalue weighted by atomic mass is 19.4. The molecule has 8 heteroatoms. The minimum absolute atomic E-state index is 0.272. The van der Waals surface area contributed by atoms with Gasteiger partial charge in [0.1, 0.15) is 12.1 Å². The maximum Gasteiger partial charge on any atom is 0.416 e. The molecular formula is C17H16F3N5. The van der Waals surface area contributed by atoms with Gasteiger partial charge in [0.25, 0.3) is 5.78 Å². The van der Waals surface area contributed by atoms with E-state index in [2.05, 4.69) is 20.4 Å². The molecule has 1 aliphatic rings. The van der Waals surface area contributed by atoms with Crippen LogP contribution >= 0.6 is 0 Å². The number of anilines is 1. The minimum atomic E-state index is -4.32. The van der Waals surface area contributed by atoms with Crippen LogP contribution in [0.3, 0.4) is 0 Å². The molecule has 1 aliphatic carbocycles. The van der Waals surface area contributed by atoms with E-state index in [4.69, 9.17) is 0 Å². The standard InChI is InChI=1S/C17H16F3N5/c1-11-7-14(25-15(24-11)22-10-23-25)21-9-16(5-6-16)12-3-2-4-13(8-12)17(18,19)20/h2-4,7-8,10,21H,5-6,9H2,1H3. The lowest BCUT2D eigenvalue weighted by atomic mass is 9.94. The number of benzene rings is 1. The van der Waals surface area contributed by atoms with Gasteiger partial charge in [-0.15, -0.1) is 0 Å². The van der Waals surface area contributed by atoms with Crippen LogP contribution in [0.5, 0.6) is 0 Å². The molecule has 1 fully saturated rings. The molecule has 1 saturated carbocycles. The Morgan fingerprint density at radius 2 is 2.04 bits per heavy atom. The lowest BCUT2D eigenvalue weighted by molar-refractivity contribution is -0.137. The van der Waals surface area contributed by atoms with E-state index in [1.54, 1.807) is 10.6 Å². The molecule has 0 aliphatic heterocycles. The normalized spacial score (nSPS) is 16.2. The zero-order valence-electron chi connectivity index (χ0n) is 13.5.